The zero-order chi connectivity index (χ0) is 18.5. The van der Waals surface area contributed by atoms with Crippen LogP contribution in [0.3, 0.4) is 0 Å². The van der Waals surface area contributed by atoms with Crippen LogP contribution in [0.5, 0.6) is 0 Å². The van der Waals surface area contributed by atoms with Crippen LogP contribution in [0.15, 0.2) is 65.5 Å². The Morgan fingerprint density at radius 2 is 2.04 bits per heavy atom. The summed E-state index contributed by atoms with van der Waals surface area (Å²) in [6.45, 7) is 1.45. The lowest BCUT2D eigenvalue weighted by atomic mass is 10.1. The van der Waals surface area contributed by atoms with E-state index < -0.39 is 0 Å². The van der Waals surface area contributed by atoms with Crippen molar-refractivity contribution in [2.24, 2.45) is 4.99 Å². The van der Waals surface area contributed by atoms with Gasteiger partial charge in [0.25, 0.3) is 0 Å². The number of guanidine groups is 1. The van der Waals surface area contributed by atoms with Crippen LogP contribution in [0.25, 0.3) is 10.6 Å². The Hall–Kier alpha value is -2.40. The summed E-state index contributed by atoms with van der Waals surface area (Å²) >= 11 is 1.63. The molecule has 0 atom stereocenters. The van der Waals surface area contributed by atoms with E-state index in [-0.39, 0.29) is 24.0 Å². The van der Waals surface area contributed by atoms with Crippen molar-refractivity contribution >= 4 is 46.2 Å². The Kier molecular flexibility index (Phi) is 7.04. The maximum atomic E-state index is 4.57. The third-order valence-electron chi connectivity index (χ3n) is 4.22. The SMILES string of the molecule is CN=C(NCCc1ccc(-n2cccn2)cc1)NCc1cn2ccsc2n1.I. The minimum atomic E-state index is 0. The van der Waals surface area contributed by atoms with Crippen LogP contribution < -0.4 is 10.6 Å². The van der Waals surface area contributed by atoms with Gasteiger partial charge in [-0.3, -0.25) is 9.39 Å². The molecule has 0 aliphatic carbocycles. The van der Waals surface area contributed by atoms with Gasteiger partial charge in [0.05, 0.1) is 17.9 Å². The van der Waals surface area contributed by atoms with Crippen LogP contribution in [-0.4, -0.2) is 38.7 Å². The van der Waals surface area contributed by atoms with Gasteiger partial charge in [0.2, 0.25) is 0 Å². The first-order valence-corrected chi connectivity index (χ1v) is 9.64. The van der Waals surface area contributed by atoms with E-state index in [1.807, 2.05) is 39.1 Å². The molecule has 0 saturated heterocycles. The molecule has 4 rings (SSSR count). The lowest BCUT2D eigenvalue weighted by Crippen LogP contribution is -2.37. The molecule has 0 bridgehead atoms. The van der Waals surface area contributed by atoms with Crippen molar-refractivity contribution in [3.8, 4) is 5.69 Å². The lowest BCUT2D eigenvalue weighted by Gasteiger charge is -2.11. The zero-order valence-electron chi connectivity index (χ0n) is 15.4. The second kappa shape index (κ2) is 9.69. The number of nitrogens with one attached hydrogen (secondary N) is 2. The van der Waals surface area contributed by atoms with E-state index in [1.54, 1.807) is 24.6 Å². The Morgan fingerprint density at radius 3 is 2.75 bits per heavy atom. The first kappa shape index (κ1) is 20.3. The van der Waals surface area contributed by atoms with Crippen LogP contribution in [-0.2, 0) is 13.0 Å². The highest BCUT2D eigenvalue weighted by Gasteiger charge is 2.04. The van der Waals surface area contributed by atoms with Crippen molar-refractivity contribution in [1.29, 1.82) is 0 Å². The van der Waals surface area contributed by atoms with Crippen molar-refractivity contribution in [3.05, 3.63) is 71.8 Å². The Balaban J connectivity index is 0.00000225. The number of halogens is 1. The van der Waals surface area contributed by atoms with E-state index in [4.69, 9.17) is 0 Å². The van der Waals surface area contributed by atoms with Crippen molar-refractivity contribution < 1.29 is 0 Å². The molecule has 1 aromatic carbocycles. The summed E-state index contributed by atoms with van der Waals surface area (Å²) in [5, 5.41) is 12.9. The van der Waals surface area contributed by atoms with Gasteiger partial charge in [0.1, 0.15) is 0 Å². The lowest BCUT2D eigenvalue weighted by molar-refractivity contribution is 0.786. The van der Waals surface area contributed by atoms with E-state index in [9.17, 15) is 0 Å². The van der Waals surface area contributed by atoms with Gasteiger partial charge < -0.3 is 10.6 Å². The van der Waals surface area contributed by atoms with Crippen LogP contribution >= 0.6 is 35.3 Å². The molecule has 4 aromatic rings. The molecule has 28 heavy (non-hydrogen) atoms. The molecule has 7 nitrogen and oxygen atoms in total. The fourth-order valence-corrected chi connectivity index (χ4v) is 3.54. The second-order valence-corrected chi connectivity index (χ2v) is 6.92. The first-order chi connectivity index (χ1) is 13.3. The van der Waals surface area contributed by atoms with E-state index in [2.05, 4.69) is 50.0 Å². The predicted octanol–water partition coefficient (Wildman–Crippen LogP) is 3.11. The fraction of sp³-hybridized carbons (Fsp3) is 0.211. The Labute approximate surface area is 184 Å². The molecule has 0 amide bonds. The summed E-state index contributed by atoms with van der Waals surface area (Å²) in [6.07, 6.45) is 8.69. The summed E-state index contributed by atoms with van der Waals surface area (Å²) < 4.78 is 3.89. The van der Waals surface area contributed by atoms with Gasteiger partial charge in [0.15, 0.2) is 10.9 Å². The van der Waals surface area contributed by atoms with Gasteiger partial charge in [-0.15, -0.1) is 35.3 Å². The monoisotopic (exact) mass is 507 g/mol. The summed E-state index contributed by atoms with van der Waals surface area (Å²) in [4.78, 5) is 9.85. The number of imidazole rings is 1. The van der Waals surface area contributed by atoms with Gasteiger partial charge >= 0.3 is 0 Å². The minimum absolute atomic E-state index is 0. The highest BCUT2D eigenvalue weighted by molar-refractivity contribution is 14.0. The highest BCUT2D eigenvalue weighted by atomic mass is 127. The molecule has 0 spiro atoms. The Morgan fingerprint density at radius 1 is 1.18 bits per heavy atom. The van der Waals surface area contributed by atoms with Crippen LogP contribution in [0.4, 0.5) is 0 Å². The third-order valence-corrected chi connectivity index (χ3v) is 4.99. The standard InChI is InChI=1S/C19H21N7S.HI/c1-20-18(22-13-16-14-25-11-12-27-19(25)24-16)21-9-7-15-3-5-17(6-4-15)26-10-2-8-23-26;/h2-6,8,10-12,14H,7,9,13H2,1H3,(H2,20,21,22);1H. The zero-order valence-corrected chi connectivity index (χ0v) is 18.6. The number of benzene rings is 1. The average Bonchev–Trinajstić information content (AvgIpc) is 3.42. The molecule has 3 heterocycles. The number of hydrogen-bond acceptors (Lipinski definition) is 4. The Bertz CT molecular complexity index is 990. The molecule has 2 N–H and O–H groups in total. The first-order valence-electron chi connectivity index (χ1n) is 8.76. The van der Waals surface area contributed by atoms with Gasteiger partial charge in [-0.1, -0.05) is 12.1 Å². The van der Waals surface area contributed by atoms with E-state index in [0.717, 1.165) is 35.3 Å². The fourth-order valence-electron chi connectivity index (χ4n) is 2.82. The van der Waals surface area contributed by atoms with Gasteiger partial charge in [-0.25, -0.2) is 9.67 Å². The normalized spacial score (nSPS) is 11.4. The quantitative estimate of drug-likeness (QED) is 0.239. The smallest absolute Gasteiger partial charge is 0.193 e. The molecule has 0 aliphatic rings. The van der Waals surface area contributed by atoms with Gasteiger partial charge in [0, 0.05) is 43.8 Å². The molecular weight excluding hydrogens is 485 g/mol. The van der Waals surface area contributed by atoms with E-state index in [1.165, 1.54) is 5.56 Å². The average molecular weight is 507 g/mol. The molecule has 3 aromatic heterocycles. The molecule has 0 aliphatic heterocycles. The predicted molar refractivity (Wildman–Crippen MR) is 124 cm³/mol. The van der Waals surface area contributed by atoms with Crippen molar-refractivity contribution in [1.82, 2.24) is 29.8 Å². The van der Waals surface area contributed by atoms with Crippen LogP contribution in [0.2, 0.25) is 0 Å². The van der Waals surface area contributed by atoms with E-state index >= 15 is 0 Å². The molecule has 0 unspecified atom stereocenters. The number of rotatable bonds is 6. The van der Waals surface area contributed by atoms with Crippen molar-refractivity contribution in [2.45, 2.75) is 13.0 Å². The van der Waals surface area contributed by atoms with Crippen molar-refractivity contribution in [3.63, 3.8) is 0 Å². The number of aromatic nitrogens is 4. The number of thiazole rings is 1. The largest absolute Gasteiger partial charge is 0.356 e. The molecule has 146 valence electrons. The summed E-state index contributed by atoms with van der Waals surface area (Å²) in [5.74, 6) is 0.777. The molecular formula is C19H22IN7S. The molecule has 9 heteroatoms. The van der Waals surface area contributed by atoms with Gasteiger partial charge in [-0.2, -0.15) is 5.10 Å². The number of hydrogen-bond donors (Lipinski definition) is 2. The summed E-state index contributed by atoms with van der Waals surface area (Å²) in [6, 6.07) is 10.3. The van der Waals surface area contributed by atoms with E-state index in [0.29, 0.717) is 6.54 Å². The number of nitrogens with zero attached hydrogens (tertiary/aromatic N) is 5. The summed E-state index contributed by atoms with van der Waals surface area (Å²) in [7, 11) is 1.78. The number of aliphatic imine (C=N–C) groups is 1. The molecule has 0 radical (unpaired) electrons. The topological polar surface area (TPSA) is 71.5 Å². The maximum Gasteiger partial charge on any atom is 0.193 e. The van der Waals surface area contributed by atoms with Crippen molar-refractivity contribution in [2.75, 3.05) is 13.6 Å². The third kappa shape index (κ3) is 4.90. The second-order valence-electron chi connectivity index (χ2n) is 6.04. The van der Waals surface area contributed by atoms with Crippen LogP contribution in [0.1, 0.15) is 11.3 Å². The van der Waals surface area contributed by atoms with Gasteiger partial charge in [-0.05, 0) is 30.2 Å². The molecule has 0 saturated carbocycles. The summed E-state index contributed by atoms with van der Waals surface area (Å²) in [5.41, 5.74) is 3.33. The molecule has 0 fully saturated rings. The minimum Gasteiger partial charge on any atom is -0.356 e. The number of fused-ring (bicyclic) bond motifs is 1. The van der Waals surface area contributed by atoms with Crippen LogP contribution in [0, 0.1) is 0 Å². The maximum absolute atomic E-state index is 4.57. The highest BCUT2D eigenvalue weighted by Crippen LogP contribution is 2.11.